The van der Waals surface area contributed by atoms with Gasteiger partial charge in [-0.15, -0.1) is 0 Å². The Labute approximate surface area is 125 Å². The van der Waals surface area contributed by atoms with Gasteiger partial charge < -0.3 is 15.3 Å². The summed E-state index contributed by atoms with van der Waals surface area (Å²) < 4.78 is 0. The van der Waals surface area contributed by atoms with Crippen molar-refractivity contribution < 1.29 is 14.7 Å². The van der Waals surface area contributed by atoms with Crippen LogP contribution in [-0.2, 0) is 4.79 Å². The van der Waals surface area contributed by atoms with Gasteiger partial charge in [0, 0.05) is 12.1 Å². The van der Waals surface area contributed by atoms with Crippen LogP contribution in [0.2, 0.25) is 0 Å². The molecule has 2 N–H and O–H groups in total. The van der Waals surface area contributed by atoms with Crippen molar-refractivity contribution in [3.05, 3.63) is 35.9 Å². The number of benzene rings is 1. The van der Waals surface area contributed by atoms with Crippen LogP contribution in [0.15, 0.2) is 30.3 Å². The molecule has 0 radical (unpaired) electrons. The Kier molecular flexibility index (Phi) is 4.83. The van der Waals surface area contributed by atoms with Gasteiger partial charge in [-0.05, 0) is 38.7 Å². The van der Waals surface area contributed by atoms with Crippen LogP contribution in [0.1, 0.15) is 44.7 Å². The molecule has 0 aromatic heterocycles. The smallest absolute Gasteiger partial charge is 0.330 e. The Balaban J connectivity index is 2.13. The van der Waals surface area contributed by atoms with E-state index in [-0.39, 0.29) is 18.1 Å². The van der Waals surface area contributed by atoms with Crippen molar-refractivity contribution in [2.75, 3.05) is 0 Å². The third-order valence-electron chi connectivity index (χ3n) is 4.08. The molecule has 0 saturated carbocycles. The standard InChI is InChI=1S/C16H22N2O3/c1-11-7-6-8-12(2)18(11)16(21)17-14(15(19)20)13-9-4-3-5-10-13/h3-5,9-12,14H,6-8H2,1-2H3,(H,17,21)(H,19,20)/t11?,12?,14-/m0/s1. The van der Waals surface area contributed by atoms with E-state index in [0.29, 0.717) is 5.56 Å². The van der Waals surface area contributed by atoms with Crippen molar-refractivity contribution in [3.8, 4) is 0 Å². The zero-order valence-electron chi connectivity index (χ0n) is 12.5. The Morgan fingerprint density at radius 3 is 2.29 bits per heavy atom. The number of amides is 2. The second-order valence-electron chi connectivity index (χ2n) is 5.67. The second kappa shape index (κ2) is 6.61. The van der Waals surface area contributed by atoms with Crippen LogP contribution in [0, 0.1) is 0 Å². The summed E-state index contributed by atoms with van der Waals surface area (Å²) in [7, 11) is 0. The van der Waals surface area contributed by atoms with E-state index in [0.717, 1.165) is 19.3 Å². The van der Waals surface area contributed by atoms with Gasteiger partial charge in [-0.2, -0.15) is 0 Å². The van der Waals surface area contributed by atoms with Crippen molar-refractivity contribution >= 4 is 12.0 Å². The summed E-state index contributed by atoms with van der Waals surface area (Å²) in [4.78, 5) is 25.7. The predicted molar refractivity (Wildman–Crippen MR) is 80.0 cm³/mol. The van der Waals surface area contributed by atoms with Crippen molar-refractivity contribution in [2.24, 2.45) is 0 Å². The number of carboxylic acid groups (broad SMARTS) is 1. The summed E-state index contributed by atoms with van der Waals surface area (Å²) >= 11 is 0. The van der Waals surface area contributed by atoms with Crippen molar-refractivity contribution in [2.45, 2.75) is 51.2 Å². The number of likely N-dealkylation sites (tertiary alicyclic amines) is 1. The molecule has 1 heterocycles. The number of piperidine rings is 1. The SMILES string of the molecule is CC1CCCC(C)N1C(=O)N[C@H](C(=O)O)c1ccccc1. The fraction of sp³-hybridized carbons (Fsp3) is 0.500. The van der Waals surface area contributed by atoms with Crippen LogP contribution < -0.4 is 5.32 Å². The molecular weight excluding hydrogens is 268 g/mol. The molecule has 114 valence electrons. The Morgan fingerprint density at radius 2 is 1.76 bits per heavy atom. The Bertz CT molecular complexity index is 494. The number of hydrogen-bond acceptors (Lipinski definition) is 2. The summed E-state index contributed by atoms with van der Waals surface area (Å²) in [6.07, 6.45) is 3.02. The molecule has 2 amide bonds. The minimum Gasteiger partial charge on any atom is -0.479 e. The highest BCUT2D eigenvalue weighted by Gasteiger charge is 2.31. The van der Waals surface area contributed by atoms with Crippen molar-refractivity contribution in [1.29, 1.82) is 0 Å². The van der Waals surface area contributed by atoms with Gasteiger partial charge in [0.15, 0.2) is 6.04 Å². The molecular formula is C16H22N2O3. The van der Waals surface area contributed by atoms with E-state index in [9.17, 15) is 14.7 Å². The lowest BCUT2D eigenvalue weighted by Gasteiger charge is -2.39. The minimum atomic E-state index is -1.05. The Hall–Kier alpha value is -2.04. The summed E-state index contributed by atoms with van der Waals surface area (Å²) in [5.74, 6) is -1.05. The molecule has 1 aromatic rings. The number of carbonyl (C=O) groups is 2. The minimum absolute atomic E-state index is 0.138. The molecule has 2 unspecified atom stereocenters. The summed E-state index contributed by atoms with van der Waals surface area (Å²) in [5, 5.41) is 12.0. The summed E-state index contributed by atoms with van der Waals surface area (Å²) in [6, 6.07) is 7.74. The molecule has 5 nitrogen and oxygen atoms in total. The third-order valence-corrected chi connectivity index (χ3v) is 4.08. The van der Waals surface area contributed by atoms with Crippen LogP contribution in [0.5, 0.6) is 0 Å². The Morgan fingerprint density at radius 1 is 1.19 bits per heavy atom. The lowest BCUT2D eigenvalue weighted by atomic mass is 9.98. The molecule has 1 aliphatic rings. The number of aliphatic carboxylic acids is 1. The van der Waals surface area contributed by atoms with E-state index in [1.54, 1.807) is 29.2 Å². The van der Waals surface area contributed by atoms with E-state index >= 15 is 0 Å². The van der Waals surface area contributed by atoms with E-state index < -0.39 is 12.0 Å². The zero-order valence-corrected chi connectivity index (χ0v) is 12.5. The largest absolute Gasteiger partial charge is 0.479 e. The molecule has 1 aromatic carbocycles. The van der Waals surface area contributed by atoms with Crippen LogP contribution in [-0.4, -0.2) is 34.1 Å². The highest BCUT2D eigenvalue weighted by molar-refractivity contribution is 5.84. The average Bonchev–Trinajstić information content (AvgIpc) is 2.45. The first-order chi connectivity index (χ1) is 10.0. The van der Waals surface area contributed by atoms with Crippen LogP contribution >= 0.6 is 0 Å². The number of hydrogen-bond donors (Lipinski definition) is 2. The lowest BCUT2D eigenvalue weighted by Crippen LogP contribution is -2.53. The molecule has 2 rings (SSSR count). The van der Waals surface area contributed by atoms with Crippen LogP contribution in [0.25, 0.3) is 0 Å². The molecule has 0 spiro atoms. The fourth-order valence-corrected chi connectivity index (χ4v) is 2.95. The molecule has 3 atom stereocenters. The van der Waals surface area contributed by atoms with E-state index in [2.05, 4.69) is 5.32 Å². The summed E-state index contributed by atoms with van der Waals surface area (Å²) in [6.45, 7) is 4.01. The number of carbonyl (C=O) groups excluding carboxylic acids is 1. The number of urea groups is 1. The monoisotopic (exact) mass is 290 g/mol. The molecule has 1 aliphatic heterocycles. The first-order valence-corrected chi connectivity index (χ1v) is 7.37. The molecule has 1 saturated heterocycles. The van der Waals surface area contributed by atoms with Crippen LogP contribution in [0.3, 0.4) is 0 Å². The molecule has 1 fully saturated rings. The van der Waals surface area contributed by atoms with Crippen LogP contribution in [0.4, 0.5) is 4.79 Å². The zero-order chi connectivity index (χ0) is 15.4. The predicted octanol–water partition coefficient (Wildman–Crippen LogP) is 2.78. The quantitative estimate of drug-likeness (QED) is 0.899. The topological polar surface area (TPSA) is 69.6 Å². The van der Waals surface area contributed by atoms with Gasteiger partial charge in [-0.25, -0.2) is 9.59 Å². The van der Waals surface area contributed by atoms with Gasteiger partial charge >= 0.3 is 12.0 Å². The fourth-order valence-electron chi connectivity index (χ4n) is 2.95. The average molecular weight is 290 g/mol. The summed E-state index contributed by atoms with van der Waals surface area (Å²) in [5.41, 5.74) is 0.579. The van der Waals surface area contributed by atoms with Crippen molar-refractivity contribution in [1.82, 2.24) is 10.2 Å². The maximum atomic E-state index is 12.5. The number of nitrogens with one attached hydrogen (secondary N) is 1. The lowest BCUT2D eigenvalue weighted by molar-refractivity contribution is -0.139. The van der Waals surface area contributed by atoms with E-state index in [1.165, 1.54) is 0 Å². The number of rotatable bonds is 3. The van der Waals surface area contributed by atoms with Gasteiger partial charge in [-0.1, -0.05) is 30.3 Å². The third kappa shape index (κ3) is 3.54. The first-order valence-electron chi connectivity index (χ1n) is 7.37. The molecule has 0 bridgehead atoms. The first kappa shape index (κ1) is 15.4. The molecule has 21 heavy (non-hydrogen) atoms. The maximum absolute atomic E-state index is 12.5. The normalized spacial score (nSPS) is 23.4. The van der Waals surface area contributed by atoms with Gasteiger partial charge in [0.05, 0.1) is 0 Å². The van der Waals surface area contributed by atoms with Crippen molar-refractivity contribution in [3.63, 3.8) is 0 Å². The second-order valence-corrected chi connectivity index (χ2v) is 5.67. The van der Waals surface area contributed by atoms with Gasteiger partial charge in [0.1, 0.15) is 0 Å². The highest BCUT2D eigenvalue weighted by atomic mass is 16.4. The number of carboxylic acids is 1. The highest BCUT2D eigenvalue weighted by Crippen LogP contribution is 2.23. The molecule has 5 heteroatoms. The van der Waals surface area contributed by atoms with Gasteiger partial charge in [0.25, 0.3) is 0 Å². The molecule has 0 aliphatic carbocycles. The van der Waals surface area contributed by atoms with Gasteiger partial charge in [-0.3, -0.25) is 0 Å². The van der Waals surface area contributed by atoms with E-state index in [1.807, 2.05) is 19.9 Å². The van der Waals surface area contributed by atoms with E-state index in [4.69, 9.17) is 0 Å². The van der Waals surface area contributed by atoms with Gasteiger partial charge in [0.2, 0.25) is 0 Å². The number of nitrogens with zero attached hydrogens (tertiary/aromatic N) is 1. The maximum Gasteiger partial charge on any atom is 0.330 e.